The molecule has 2 aliphatic rings. The Balaban J connectivity index is 1.34. The predicted molar refractivity (Wildman–Crippen MR) is 103 cm³/mol. The van der Waals surface area contributed by atoms with Crippen LogP contribution in [0, 0.1) is 0 Å². The van der Waals surface area contributed by atoms with E-state index in [0.29, 0.717) is 13.0 Å². The number of carbonyl (C=O) groups excluding carboxylic acids is 1. The number of rotatable bonds is 10. The highest BCUT2D eigenvalue weighted by atomic mass is 16.5. The average molecular weight is 377 g/mol. The van der Waals surface area contributed by atoms with Crippen LogP contribution in [-0.2, 0) is 16.1 Å². The van der Waals surface area contributed by atoms with Crippen molar-refractivity contribution in [3.8, 4) is 5.75 Å². The van der Waals surface area contributed by atoms with Gasteiger partial charge in [-0.3, -0.25) is 9.69 Å². The first-order valence-corrected chi connectivity index (χ1v) is 9.89. The molecule has 0 saturated carbocycles. The number of morpholine rings is 1. The molecule has 1 atom stereocenters. The molecule has 2 N–H and O–H groups in total. The lowest BCUT2D eigenvalue weighted by molar-refractivity contribution is -0.127. The van der Waals surface area contributed by atoms with Gasteiger partial charge in [-0.2, -0.15) is 0 Å². The number of amides is 1. The molecule has 3 rings (SSSR count). The number of hydrogen-bond donors (Lipinski definition) is 2. The van der Waals surface area contributed by atoms with E-state index < -0.39 is 6.10 Å². The number of aliphatic hydroxyl groups excluding tert-OH is 1. The summed E-state index contributed by atoms with van der Waals surface area (Å²) in [7, 11) is 0. The molecule has 27 heavy (non-hydrogen) atoms. The lowest BCUT2D eigenvalue weighted by Gasteiger charge is -2.28. The quantitative estimate of drug-likeness (QED) is 0.578. The lowest BCUT2D eigenvalue weighted by atomic mass is 10.2. The van der Waals surface area contributed by atoms with E-state index in [1.54, 1.807) is 0 Å². The number of carbonyl (C=O) groups is 1. The summed E-state index contributed by atoms with van der Waals surface area (Å²) in [6.07, 6.45) is 1.16. The molecule has 1 amide bonds. The van der Waals surface area contributed by atoms with Crippen molar-refractivity contribution in [1.82, 2.24) is 15.1 Å². The Morgan fingerprint density at radius 2 is 2.11 bits per heavy atom. The van der Waals surface area contributed by atoms with Crippen molar-refractivity contribution in [2.75, 3.05) is 59.1 Å². The number of likely N-dealkylation sites (tertiary alicyclic amines) is 1. The fraction of sp³-hybridized carbons (Fsp3) is 0.650. The molecule has 0 aromatic heterocycles. The molecule has 0 unspecified atom stereocenters. The van der Waals surface area contributed by atoms with E-state index in [9.17, 15) is 9.90 Å². The smallest absolute Gasteiger partial charge is 0.222 e. The van der Waals surface area contributed by atoms with Gasteiger partial charge in [-0.05, 0) is 24.1 Å². The van der Waals surface area contributed by atoms with Crippen molar-refractivity contribution >= 4 is 5.91 Å². The third-order valence-corrected chi connectivity index (χ3v) is 4.97. The number of aliphatic hydroxyl groups is 1. The van der Waals surface area contributed by atoms with E-state index in [-0.39, 0.29) is 12.5 Å². The molecule has 1 aromatic rings. The van der Waals surface area contributed by atoms with E-state index in [0.717, 1.165) is 70.2 Å². The van der Waals surface area contributed by atoms with Gasteiger partial charge in [-0.1, -0.05) is 12.1 Å². The minimum atomic E-state index is -0.511. The SMILES string of the molecule is O=C1CCCN1CCNCc1cccc(OC[C@H](O)CN2CCOCC2)c1. The Morgan fingerprint density at radius 1 is 1.26 bits per heavy atom. The highest BCUT2D eigenvalue weighted by Gasteiger charge is 2.19. The summed E-state index contributed by atoms with van der Waals surface area (Å²) in [6.45, 7) is 7.25. The number of benzene rings is 1. The minimum Gasteiger partial charge on any atom is -0.491 e. The number of nitrogens with zero attached hydrogens (tertiary/aromatic N) is 2. The van der Waals surface area contributed by atoms with Crippen molar-refractivity contribution in [3.63, 3.8) is 0 Å². The van der Waals surface area contributed by atoms with E-state index in [1.165, 1.54) is 0 Å². The highest BCUT2D eigenvalue weighted by Crippen LogP contribution is 2.14. The van der Waals surface area contributed by atoms with Crippen molar-refractivity contribution < 1.29 is 19.4 Å². The van der Waals surface area contributed by atoms with Crippen LogP contribution in [0.1, 0.15) is 18.4 Å². The van der Waals surface area contributed by atoms with Crippen LogP contribution >= 0.6 is 0 Å². The van der Waals surface area contributed by atoms with Gasteiger partial charge in [0.05, 0.1) is 13.2 Å². The molecule has 150 valence electrons. The van der Waals surface area contributed by atoms with Crippen LogP contribution in [0.15, 0.2) is 24.3 Å². The molecule has 0 aliphatic carbocycles. The fourth-order valence-corrected chi connectivity index (χ4v) is 3.46. The number of hydrogen-bond acceptors (Lipinski definition) is 6. The second-order valence-corrected chi connectivity index (χ2v) is 7.19. The molecule has 7 heteroatoms. The summed E-state index contributed by atoms with van der Waals surface area (Å²) in [6, 6.07) is 7.92. The first kappa shape index (κ1) is 20.1. The molecule has 2 aliphatic heterocycles. The van der Waals surface area contributed by atoms with E-state index >= 15 is 0 Å². The first-order valence-electron chi connectivity index (χ1n) is 9.89. The molecule has 0 spiro atoms. The van der Waals surface area contributed by atoms with Gasteiger partial charge >= 0.3 is 0 Å². The standard InChI is InChI=1S/C20H31N3O4/c24-18(15-22-9-11-26-12-10-22)16-27-19-4-1-3-17(13-19)14-21-6-8-23-7-2-5-20(23)25/h1,3-4,13,18,21,24H,2,5-12,14-16H2/t18-/m1/s1. The zero-order valence-electron chi connectivity index (χ0n) is 15.9. The molecule has 0 radical (unpaired) electrons. The largest absolute Gasteiger partial charge is 0.491 e. The second-order valence-electron chi connectivity index (χ2n) is 7.19. The molecule has 0 bridgehead atoms. The van der Waals surface area contributed by atoms with Gasteiger partial charge in [0.15, 0.2) is 0 Å². The van der Waals surface area contributed by atoms with Crippen LogP contribution < -0.4 is 10.1 Å². The highest BCUT2D eigenvalue weighted by molar-refractivity contribution is 5.78. The minimum absolute atomic E-state index is 0.267. The molecule has 7 nitrogen and oxygen atoms in total. The zero-order chi connectivity index (χ0) is 18.9. The van der Waals surface area contributed by atoms with Gasteiger partial charge in [0.25, 0.3) is 0 Å². The molecular weight excluding hydrogens is 346 g/mol. The van der Waals surface area contributed by atoms with Crippen LogP contribution in [0.3, 0.4) is 0 Å². The summed E-state index contributed by atoms with van der Waals surface area (Å²) in [4.78, 5) is 15.7. The zero-order valence-corrected chi connectivity index (χ0v) is 15.9. The van der Waals surface area contributed by atoms with Crippen LogP contribution in [0.25, 0.3) is 0 Å². The Kier molecular flexibility index (Phi) is 7.89. The van der Waals surface area contributed by atoms with Crippen molar-refractivity contribution in [2.45, 2.75) is 25.5 Å². The van der Waals surface area contributed by atoms with Crippen LogP contribution in [0.5, 0.6) is 5.75 Å². The van der Waals surface area contributed by atoms with Gasteiger partial charge < -0.3 is 24.8 Å². The Hall–Kier alpha value is -1.67. The van der Waals surface area contributed by atoms with Gasteiger partial charge in [0.1, 0.15) is 18.5 Å². The maximum atomic E-state index is 11.6. The Morgan fingerprint density at radius 3 is 2.89 bits per heavy atom. The number of nitrogens with one attached hydrogen (secondary N) is 1. The summed E-state index contributed by atoms with van der Waals surface area (Å²) in [5, 5.41) is 13.6. The third-order valence-electron chi connectivity index (χ3n) is 4.97. The van der Waals surface area contributed by atoms with E-state index in [4.69, 9.17) is 9.47 Å². The summed E-state index contributed by atoms with van der Waals surface area (Å²) in [5.74, 6) is 1.04. The van der Waals surface area contributed by atoms with Gasteiger partial charge in [0, 0.05) is 52.2 Å². The van der Waals surface area contributed by atoms with E-state index in [1.807, 2.05) is 29.2 Å². The Labute approximate surface area is 161 Å². The van der Waals surface area contributed by atoms with Crippen LogP contribution in [-0.4, -0.2) is 86.0 Å². The first-order chi connectivity index (χ1) is 13.2. The number of β-amino-alcohol motifs (C(OH)–C–C–N with tert-alkyl or cyclic N) is 1. The molecule has 2 fully saturated rings. The summed E-state index contributed by atoms with van der Waals surface area (Å²) in [5.41, 5.74) is 1.13. The van der Waals surface area contributed by atoms with Gasteiger partial charge in [-0.25, -0.2) is 0 Å². The predicted octanol–water partition coefficient (Wildman–Crippen LogP) is 0.471. The van der Waals surface area contributed by atoms with Crippen LogP contribution in [0.4, 0.5) is 0 Å². The fourth-order valence-electron chi connectivity index (χ4n) is 3.46. The maximum absolute atomic E-state index is 11.6. The monoisotopic (exact) mass is 377 g/mol. The van der Waals surface area contributed by atoms with Crippen molar-refractivity contribution in [1.29, 1.82) is 0 Å². The lowest BCUT2D eigenvalue weighted by Crippen LogP contribution is -2.42. The molecule has 2 saturated heterocycles. The Bertz CT molecular complexity index is 592. The number of ether oxygens (including phenoxy) is 2. The van der Waals surface area contributed by atoms with Gasteiger partial charge in [-0.15, -0.1) is 0 Å². The summed E-state index contributed by atoms with van der Waals surface area (Å²) >= 11 is 0. The van der Waals surface area contributed by atoms with Crippen molar-refractivity contribution in [3.05, 3.63) is 29.8 Å². The summed E-state index contributed by atoms with van der Waals surface area (Å²) < 4.78 is 11.1. The molecule has 1 aromatic carbocycles. The average Bonchev–Trinajstić information content (AvgIpc) is 3.10. The molecular formula is C20H31N3O4. The second kappa shape index (κ2) is 10.6. The van der Waals surface area contributed by atoms with Crippen LogP contribution in [0.2, 0.25) is 0 Å². The normalized spacial score (nSPS) is 19.4. The molecule has 2 heterocycles. The van der Waals surface area contributed by atoms with Gasteiger partial charge in [0.2, 0.25) is 5.91 Å². The third kappa shape index (κ3) is 6.77. The topological polar surface area (TPSA) is 74.3 Å². The van der Waals surface area contributed by atoms with Crippen molar-refractivity contribution in [2.24, 2.45) is 0 Å². The maximum Gasteiger partial charge on any atom is 0.222 e. The van der Waals surface area contributed by atoms with E-state index in [2.05, 4.69) is 10.2 Å².